The molecule has 5 nitrogen and oxygen atoms in total. The van der Waals surface area contributed by atoms with Gasteiger partial charge in [0.1, 0.15) is 6.07 Å². The molecule has 0 unspecified atom stereocenters. The van der Waals surface area contributed by atoms with Crippen molar-refractivity contribution in [3.63, 3.8) is 0 Å². The van der Waals surface area contributed by atoms with Gasteiger partial charge < -0.3 is 0 Å². The number of hydrogen-bond donors (Lipinski definition) is 0. The lowest BCUT2D eigenvalue weighted by Gasteiger charge is -2.07. The van der Waals surface area contributed by atoms with Crippen molar-refractivity contribution in [2.45, 2.75) is 19.8 Å². The minimum absolute atomic E-state index is 0.262. The van der Waals surface area contributed by atoms with Crippen molar-refractivity contribution >= 4 is 0 Å². The van der Waals surface area contributed by atoms with Gasteiger partial charge in [-0.25, -0.2) is 14.6 Å². The Balaban J connectivity index is 2.56. The van der Waals surface area contributed by atoms with Gasteiger partial charge in [-0.2, -0.15) is 10.4 Å². The SMILES string of the molecule is CC(C)c1cc(C#N)nn1-c1ncccn1. The first kappa shape index (κ1) is 10.3. The topological polar surface area (TPSA) is 67.4 Å². The Kier molecular flexibility index (Phi) is 2.64. The summed E-state index contributed by atoms with van der Waals surface area (Å²) in [4.78, 5) is 8.24. The molecule has 0 atom stereocenters. The van der Waals surface area contributed by atoms with E-state index in [1.807, 2.05) is 19.9 Å². The minimum Gasteiger partial charge on any atom is -0.220 e. The zero-order chi connectivity index (χ0) is 11.5. The zero-order valence-corrected chi connectivity index (χ0v) is 9.12. The zero-order valence-electron chi connectivity index (χ0n) is 9.12. The summed E-state index contributed by atoms with van der Waals surface area (Å²) in [6.45, 7) is 4.08. The molecule has 0 saturated heterocycles. The molecule has 0 amide bonds. The molecule has 2 aromatic rings. The molecule has 80 valence electrons. The molecule has 0 spiro atoms. The molecule has 2 aromatic heterocycles. The fraction of sp³-hybridized carbons (Fsp3) is 0.273. The lowest BCUT2D eigenvalue weighted by atomic mass is 10.1. The first-order chi connectivity index (χ1) is 7.72. The number of rotatable bonds is 2. The summed E-state index contributed by atoms with van der Waals surface area (Å²) in [5, 5.41) is 13.0. The van der Waals surface area contributed by atoms with E-state index in [0.717, 1.165) is 5.69 Å². The molecule has 2 rings (SSSR count). The second kappa shape index (κ2) is 4.11. The van der Waals surface area contributed by atoms with Crippen LogP contribution in [0.4, 0.5) is 0 Å². The molecule has 0 aromatic carbocycles. The summed E-state index contributed by atoms with van der Waals surface area (Å²) in [7, 11) is 0. The van der Waals surface area contributed by atoms with Crippen LogP contribution >= 0.6 is 0 Å². The second-order valence-electron chi connectivity index (χ2n) is 3.68. The van der Waals surface area contributed by atoms with E-state index in [9.17, 15) is 0 Å². The maximum Gasteiger partial charge on any atom is 0.250 e. The lowest BCUT2D eigenvalue weighted by Crippen LogP contribution is -2.07. The molecule has 0 N–H and O–H groups in total. The van der Waals surface area contributed by atoms with Gasteiger partial charge in [0.25, 0.3) is 5.95 Å². The molecular weight excluding hydrogens is 202 g/mol. The van der Waals surface area contributed by atoms with Crippen LogP contribution in [0.2, 0.25) is 0 Å². The summed E-state index contributed by atoms with van der Waals surface area (Å²) in [6, 6.07) is 5.53. The Hall–Kier alpha value is -2.22. The summed E-state index contributed by atoms with van der Waals surface area (Å²) in [5.41, 5.74) is 1.32. The Morgan fingerprint density at radius 2 is 2.00 bits per heavy atom. The van der Waals surface area contributed by atoms with E-state index in [4.69, 9.17) is 5.26 Å². The van der Waals surface area contributed by atoms with Crippen molar-refractivity contribution in [3.8, 4) is 12.0 Å². The van der Waals surface area contributed by atoms with Gasteiger partial charge in [0.2, 0.25) is 0 Å². The van der Waals surface area contributed by atoms with E-state index in [1.165, 1.54) is 0 Å². The van der Waals surface area contributed by atoms with Crippen LogP contribution in [0, 0.1) is 11.3 Å². The highest BCUT2D eigenvalue weighted by atomic mass is 15.4. The predicted molar refractivity (Wildman–Crippen MR) is 58.0 cm³/mol. The van der Waals surface area contributed by atoms with Crippen molar-refractivity contribution in [2.75, 3.05) is 0 Å². The molecule has 0 aliphatic heterocycles. The Morgan fingerprint density at radius 3 is 2.56 bits per heavy atom. The van der Waals surface area contributed by atoms with Crippen molar-refractivity contribution in [1.82, 2.24) is 19.7 Å². The normalized spacial score (nSPS) is 10.4. The van der Waals surface area contributed by atoms with E-state index in [0.29, 0.717) is 11.6 Å². The van der Waals surface area contributed by atoms with Crippen LogP contribution in [0.5, 0.6) is 0 Å². The third kappa shape index (κ3) is 1.77. The maximum atomic E-state index is 8.84. The van der Waals surface area contributed by atoms with Gasteiger partial charge in [0.15, 0.2) is 5.69 Å². The maximum absolute atomic E-state index is 8.84. The minimum atomic E-state index is 0.262. The van der Waals surface area contributed by atoms with Gasteiger partial charge in [0.05, 0.1) is 5.69 Å². The molecule has 0 saturated carbocycles. The van der Waals surface area contributed by atoms with E-state index >= 15 is 0 Å². The van der Waals surface area contributed by atoms with Crippen LogP contribution < -0.4 is 0 Å². The lowest BCUT2D eigenvalue weighted by molar-refractivity contribution is 0.703. The first-order valence-corrected chi connectivity index (χ1v) is 5.00. The van der Waals surface area contributed by atoms with Crippen LogP contribution in [0.3, 0.4) is 0 Å². The van der Waals surface area contributed by atoms with E-state index in [1.54, 1.807) is 29.2 Å². The predicted octanol–water partition coefficient (Wildman–Crippen LogP) is 1.66. The third-order valence-electron chi connectivity index (χ3n) is 2.18. The monoisotopic (exact) mass is 213 g/mol. The van der Waals surface area contributed by atoms with Gasteiger partial charge in [0, 0.05) is 12.4 Å². The molecular formula is C11H11N5. The Morgan fingerprint density at radius 1 is 1.31 bits per heavy atom. The molecule has 0 aliphatic carbocycles. The number of hydrogen-bond acceptors (Lipinski definition) is 4. The van der Waals surface area contributed by atoms with E-state index in [-0.39, 0.29) is 5.92 Å². The fourth-order valence-corrected chi connectivity index (χ4v) is 1.42. The molecule has 0 bridgehead atoms. The summed E-state index contributed by atoms with van der Waals surface area (Å²) in [6.07, 6.45) is 3.31. The number of aromatic nitrogens is 4. The molecule has 0 aliphatic rings. The molecule has 2 heterocycles. The van der Waals surface area contributed by atoms with Crippen molar-refractivity contribution in [3.05, 3.63) is 35.9 Å². The quantitative estimate of drug-likeness (QED) is 0.760. The summed E-state index contributed by atoms with van der Waals surface area (Å²) < 4.78 is 1.61. The average Bonchev–Trinajstić information content (AvgIpc) is 2.74. The summed E-state index contributed by atoms with van der Waals surface area (Å²) >= 11 is 0. The van der Waals surface area contributed by atoms with Gasteiger partial charge >= 0.3 is 0 Å². The van der Waals surface area contributed by atoms with E-state index in [2.05, 4.69) is 15.1 Å². The Bertz CT molecular complexity index is 521. The third-order valence-corrected chi connectivity index (χ3v) is 2.18. The average molecular weight is 213 g/mol. The highest BCUT2D eigenvalue weighted by molar-refractivity contribution is 5.28. The van der Waals surface area contributed by atoms with Crippen LogP contribution in [0.25, 0.3) is 5.95 Å². The molecule has 16 heavy (non-hydrogen) atoms. The smallest absolute Gasteiger partial charge is 0.220 e. The number of nitriles is 1. The second-order valence-corrected chi connectivity index (χ2v) is 3.68. The molecule has 0 radical (unpaired) electrons. The van der Waals surface area contributed by atoms with Gasteiger partial charge in [-0.1, -0.05) is 13.8 Å². The molecule has 5 heteroatoms. The van der Waals surface area contributed by atoms with Gasteiger partial charge in [-0.05, 0) is 18.1 Å². The summed E-state index contributed by atoms with van der Waals surface area (Å²) in [5.74, 6) is 0.756. The highest BCUT2D eigenvalue weighted by Crippen LogP contribution is 2.17. The largest absolute Gasteiger partial charge is 0.250 e. The van der Waals surface area contributed by atoms with Crippen LogP contribution in [-0.4, -0.2) is 19.7 Å². The van der Waals surface area contributed by atoms with Crippen molar-refractivity contribution in [1.29, 1.82) is 5.26 Å². The van der Waals surface area contributed by atoms with Crippen molar-refractivity contribution in [2.24, 2.45) is 0 Å². The van der Waals surface area contributed by atoms with Crippen LogP contribution in [-0.2, 0) is 0 Å². The van der Waals surface area contributed by atoms with Gasteiger partial charge in [-0.3, -0.25) is 0 Å². The highest BCUT2D eigenvalue weighted by Gasteiger charge is 2.13. The van der Waals surface area contributed by atoms with E-state index < -0.39 is 0 Å². The van der Waals surface area contributed by atoms with Crippen LogP contribution in [0.1, 0.15) is 31.2 Å². The fourth-order valence-electron chi connectivity index (χ4n) is 1.42. The van der Waals surface area contributed by atoms with Crippen molar-refractivity contribution < 1.29 is 0 Å². The standard InChI is InChI=1S/C11H11N5/c1-8(2)10-6-9(7-12)15-16(10)11-13-4-3-5-14-11/h3-6,8H,1-2H3. The van der Waals surface area contributed by atoms with Gasteiger partial charge in [-0.15, -0.1) is 0 Å². The first-order valence-electron chi connectivity index (χ1n) is 5.00. The number of nitrogens with zero attached hydrogens (tertiary/aromatic N) is 5. The Labute approximate surface area is 93.4 Å². The van der Waals surface area contributed by atoms with Crippen LogP contribution in [0.15, 0.2) is 24.5 Å². The molecule has 0 fully saturated rings.